The van der Waals surface area contributed by atoms with Crippen molar-refractivity contribution in [2.24, 2.45) is 0 Å². The Morgan fingerprint density at radius 3 is 2.22 bits per heavy atom. The molecule has 0 bridgehead atoms. The van der Waals surface area contributed by atoms with Crippen molar-refractivity contribution in [3.05, 3.63) is 107 Å². The van der Waals surface area contributed by atoms with Crippen LogP contribution in [-0.2, 0) is 39.7 Å². The fourth-order valence-corrected chi connectivity index (χ4v) is 5.74. The Labute approximate surface area is 310 Å². The Kier molecular flexibility index (Phi) is 13.4. The number of ether oxygens (including phenoxy) is 1. The summed E-state index contributed by atoms with van der Waals surface area (Å²) in [5.41, 5.74) is 0.248. The molecule has 1 amide bonds. The van der Waals surface area contributed by atoms with E-state index in [1.807, 2.05) is 12.1 Å². The van der Waals surface area contributed by atoms with Crippen molar-refractivity contribution in [1.29, 1.82) is 0 Å². The van der Waals surface area contributed by atoms with Crippen LogP contribution in [0.25, 0.3) is 22.5 Å². The molecule has 4 N–H and O–H groups in total. The first-order valence-corrected chi connectivity index (χ1v) is 17.1. The third-order valence-corrected chi connectivity index (χ3v) is 8.37. The monoisotopic (exact) mass is 772 g/mol. The molecular weight excluding hydrogens is 735 g/mol. The predicted octanol–water partition coefficient (Wildman–Crippen LogP) is 6.06. The summed E-state index contributed by atoms with van der Waals surface area (Å²) in [6.07, 6.45) is -5.62. The number of tetrazole rings is 1. The topological polar surface area (TPSA) is 181 Å². The Morgan fingerprint density at radius 1 is 0.909 bits per heavy atom. The third kappa shape index (κ3) is 10.1. The number of aromatic amines is 1. The lowest BCUT2D eigenvalue weighted by Crippen LogP contribution is -2.45. The molecule has 55 heavy (non-hydrogen) atoms. The number of H-pyrrole nitrogens is 1. The number of hydrogen-bond acceptors (Lipinski definition) is 11. The number of aryl methyl sites for hydroxylation is 1. The summed E-state index contributed by atoms with van der Waals surface area (Å²) in [6, 6.07) is 20.7. The Hall–Kier alpha value is -5.63. The Morgan fingerprint density at radius 2 is 1.58 bits per heavy atom. The minimum Gasteiger partial charge on any atom is -0.464 e. The summed E-state index contributed by atoms with van der Waals surface area (Å²) in [5.74, 6) is -7.75. The van der Waals surface area contributed by atoms with E-state index in [0.29, 0.717) is 34.5 Å². The molecule has 5 aromatic rings. The normalized spacial score (nSPS) is 12.5. The number of rotatable bonds is 18. The van der Waals surface area contributed by atoms with Crippen LogP contribution in [0.1, 0.15) is 59.3 Å². The van der Waals surface area contributed by atoms with E-state index < -0.39 is 46.8 Å². The maximum atomic E-state index is 15.3. The van der Waals surface area contributed by atoms with Crippen molar-refractivity contribution in [2.75, 3.05) is 13.2 Å². The van der Waals surface area contributed by atoms with Gasteiger partial charge in [-0.05, 0) is 46.7 Å². The van der Waals surface area contributed by atoms with Crippen LogP contribution < -0.4 is 5.32 Å². The van der Waals surface area contributed by atoms with Crippen LogP contribution in [0.2, 0.25) is 0 Å². The Bertz CT molecular complexity index is 2010. The molecule has 0 saturated heterocycles. The molecule has 0 radical (unpaired) electrons. The van der Waals surface area contributed by atoms with E-state index in [1.54, 1.807) is 73.7 Å². The molecule has 1 unspecified atom stereocenters. The largest absolute Gasteiger partial charge is 0.464 e. The minimum atomic E-state index is -6.10. The van der Waals surface area contributed by atoms with Gasteiger partial charge in [-0.25, -0.2) is 9.78 Å². The number of esters is 1. The number of nitrogens with zero attached hydrogens (tertiary/aromatic N) is 6. The number of halogens is 5. The number of amides is 1. The van der Waals surface area contributed by atoms with E-state index in [9.17, 15) is 22.8 Å². The van der Waals surface area contributed by atoms with Crippen molar-refractivity contribution < 1.29 is 51.5 Å². The maximum Gasteiger partial charge on any atom is 0.459 e. The molecule has 2 heterocycles. The first-order chi connectivity index (χ1) is 26.3. The van der Waals surface area contributed by atoms with Gasteiger partial charge in [0.2, 0.25) is 5.82 Å². The number of benzene rings is 3. The molecule has 0 aliphatic carbocycles. The van der Waals surface area contributed by atoms with E-state index in [0.717, 1.165) is 10.1 Å². The van der Waals surface area contributed by atoms with Crippen LogP contribution in [0.15, 0.2) is 78.9 Å². The molecule has 2 aromatic heterocycles. The summed E-state index contributed by atoms with van der Waals surface area (Å²) >= 11 is 0. The summed E-state index contributed by atoms with van der Waals surface area (Å²) in [4.78, 5) is 35.6. The average Bonchev–Trinajstić information content (AvgIpc) is 3.82. The fraction of sp³-hybridized carbons (Fsp3) is 0.333. The van der Waals surface area contributed by atoms with Crippen LogP contribution in [-0.4, -0.2) is 83.3 Å². The van der Waals surface area contributed by atoms with Crippen LogP contribution in [0, 0.1) is 0 Å². The number of aromatic nitrogens is 6. The highest BCUT2D eigenvalue weighted by atomic mass is 19.4. The van der Waals surface area contributed by atoms with Crippen LogP contribution in [0.4, 0.5) is 22.0 Å². The molecular formula is C36H37F5N8O6. The molecule has 5 rings (SSSR count). The highest BCUT2D eigenvalue weighted by Gasteiger charge is 2.62. The number of hydrogen-bond donors (Lipinski definition) is 4. The molecule has 0 saturated carbocycles. The van der Waals surface area contributed by atoms with Gasteiger partial charge in [0, 0.05) is 24.9 Å². The van der Waals surface area contributed by atoms with Gasteiger partial charge in [-0.3, -0.25) is 20.0 Å². The Balaban J connectivity index is 1.49. The lowest BCUT2D eigenvalue weighted by Gasteiger charge is -2.22. The lowest BCUT2D eigenvalue weighted by atomic mass is 9.98. The second-order valence-corrected chi connectivity index (χ2v) is 12.3. The van der Waals surface area contributed by atoms with E-state index in [1.165, 1.54) is 0 Å². The molecule has 19 heteroatoms. The zero-order valence-electron chi connectivity index (χ0n) is 29.3. The molecule has 14 nitrogen and oxygen atoms in total. The van der Waals surface area contributed by atoms with Crippen molar-refractivity contribution in [3.63, 3.8) is 0 Å². The van der Waals surface area contributed by atoms with Gasteiger partial charge in [0.25, 0.3) is 5.91 Å². The number of carbonyl (C=O) groups is 2. The first kappa shape index (κ1) is 40.6. The lowest BCUT2D eigenvalue weighted by molar-refractivity contribution is -0.492. The highest BCUT2D eigenvalue weighted by Crippen LogP contribution is 2.45. The van der Waals surface area contributed by atoms with E-state index in [-0.39, 0.29) is 51.3 Å². The third-order valence-electron chi connectivity index (χ3n) is 8.37. The number of unbranched alkanes of at least 4 members (excludes halogenated alkanes) is 1. The van der Waals surface area contributed by atoms with Gasteiger partial charge >= 0.3 is 18.1 Å². The van der Waals surface area contributed by atoms with Crippen molar-refractivity contribution in [3.8, 4) is 22.5 Å². The second-order valence-electron chi connectivity index (χ2n) is 12.3. The molecule has 0 aliphatic rings. The quantitative estimate of drug-likeness (QED) is 0.0352. The van der Waals surface area contributed by atoms with E-state index in [4.69, 9.17) is 15.2 Å². The van der Waals surface area contributed by atoms with Gasteiger partial charge in [-0.2, -0.15) is 27.2 Å². The van der Waals surface area contributed by atoms with Crippen LogP contribution >= 0.6 is 0 Å². The van der Waals surface area contributed by atoms with Crippen molar-refractivity contribution in [2.45, 2.75) is 63.7 Å². The molecule has 0 fully saturated rings. The second kappa shape index (κ2) is 18.1. The highest BCUT2D eigenvalue weighted by molar-refractivity contribution is 5.97. The average molecular weight is 773 g/mol. The molecule has 0 aliphatic heterocycles. The maximum absolute atomic E-state index is 15.3. The number of alkyl halides is 5. The van der Waals surface area contributed by atoms with E-state index >= 15 is 8.78 Å². The van der Waals surface area contributed by atoms with Crippen molar-refractivity contribution in [1.82, 2.24) is 40.9 Å². The van der Waals surface area contributed by atoms with Crippen molar-refractivity contribution >= 4 is 11.9 Å². The van der Waals surface area contributed by atoms with Crippen LogP contribution in [0.5, 0.6) is 0 Å². The van der Waals surface area contributed by atoms with Gasteiger partial charge in [0.05, 0.1) is 18.6 Å². The molecule has 292 valence electrons. The smallest absolute Gasteiger partial charge is 0.459 e. The van der Waals surface area contributed by atoms with Gasteiger partial charge in [0.1, 0.15) is 17.6 Å². The number of nitrogens with one attached hydrogen (secondary N) is 2. The number of imidazole rings is 1. The van der Waals surface area contributed by atoms with Crippen LogP contribution in [0.3, 0.4) is 0 Å². The van der Waals surface area contributed by atoms with Gasteiger partial charge in [-0.1, -0.05) is 85.8 Å². The zero-order chi connectivity index (χ0) is 39.6. The first-order valence-electron chi connectivity index (χ1n) is 17.1. The van der Waals surface area contributed by atoms with Gasteiger partial charge in [-0.15, -0.1) is 10.2 Å². The SMILES string of the molecule is CCCc1nc(C(F)(F)C(F)(F)F)c(C(=O)NC(Cc2ccccc2)C(=O)OCCCCON(O)O)n1Cc1ccc(-c2ccccc2-c2nn[nH]n2)cc1. The predicted molar refractivity (Wildman–Crippen MR) is 183 cm³/mol. The summed E-state index contributed by atoms with van der Waals surface area (Å²) in [7, 11) is 0. The standard InChI is InChI=1S/C36H37F5N8O6/c1-2-10-29-43-31(35(37,38)36(39,40)41)30(33(50)42-28(21-23-11-4-3-5-12-23)34(51)54-19-8-9-20-55-49(52)53)48(29)22-24-15-17-25(18-16-24)26-13-6-7-14-27(26)32-44-46-47-45-32/h3-7,11-18,28,52-53H,2,8-10,19-22H2,1H3,(H,42,50)(H,44,45,46,47). The summed E-state index contributed by atoms with van der Waals surface area (Å²) < 4.78 is 78.7. The minimum absolute atomic E-state index is 0.0477. The fourth-order valence-electron chi connectivity index (χ4n) is 5.74. The van der Waals surface area contributed by atoms with Gasteiger partial charge in [0.15, 0.2) is 5.69 Å². The number of carbonyl (C=O) groups excluding carboxylic acids is 2. The van der Waals surface area contributed by atoms with E-state index in [2.05, 4.69) is 35.8 Å². The molecule has 0 spiro atoms. The molecule has 3 aromatic carbocycles. The summed E-state index contributed by atoms with van der Waals surface area (Å²) in [6.45, 7) is 1.02. The van der Waals surface area contributed by atoms with Gasteiger partial charge < -0.3 is 14.6 Å². The summed E-state index contributed by atoms with van der Waals surface area (Å²) in [5, 5.41) is 33.3. The zero-order valence-corrected chi connectivity index (χ0v) is 29.3. The molecule has 1 atom stereocenters.